The number of hydrogen-bond acceptors (Lipinski definition) is 2. The van der Waals surface area contributed by atoms with Crippen LogP contribution < -0.4 is 10.9 Å². The molecule has 0 spiro atoms. The van der Waals surface area contributed by atoms with Crippen LogP contribution in [0.3, 0.4) is 0 Å². The van der Waals surface area contributed by atoms with Crippen LogP contribution in [0.4, 0.5) is 0 Å². The van der Waals surface area contributed by atoms with Gasteiger partial charge < -0.3 is 10.3 Å². The molecular formula is C18H28N2O2. The van der Waals surface area contributed by atoms with Gasteiger partial charge in [0.1, 0.15) is 0 Å². The normalized spacial score (nSPS) is 18.9. The molecule has 1 aliphatic rings. The molecule has 122 valence electrons. The van der Waals surface area contributed by atoms with Crippen molar-refractivity contribution in [1.82, 2.24) is 10.3 Å². The Morgan fingerprint density at radius 3 is 2.05 bits per heavy atom. The molecule has 0 aromatic carbocycles. The van der Waals surface area contributed by atoms with Crippen molar-refractivity contribution >= 4 is 5.91 Å². The van der Waals surface area contributed by atoms with Gasteiger partial charge in [-0.3, -0.25) is 9.59 Å². The van der Waals surface area contributed by atoms with E-state index in [1.54, 1.807) is 6.07 Å². The molecule has 0 saturated heterocycles. The van der Waals surface area contributed by atoms with Crippen LogP contribution in [0.15, 0.2) is 23.1 Å². The zero-order valence-electron chi connectivity index (χ0n) is 13.4. The number of aromatic nitrogens is 1. The number of carbonyl (C=O) groups is 1. The Balaban J connectivity index is 1.89. The minimum atomic E-state index is -0.230. The molecule has 1 aromatic rings. The van der Waals surface area contributed by atoms with Crippen molar-refractivity contribution in [3.8, 4) is 0 Å². The molecule has 22 heavy (non-hydrogen) atoms. The number of H-pyrrole nitrogens is 1. The van der Waals surface area contributed by atoms with Gasteiger partial charge in [-0.15, -0.1) is 0 Å². The molecule has 0 atom stereocenters. The molecule has 1 amide bonds. The van der Waals surface area contributed by atoms with Crippen molar-refractivity contribution in [2.45, 2.75) is 76.7 Å². The Morgan fingerprint density at radius 1 is 0.955 bits per heavy atom. The first-order valence-corrected chi connectivity index (χ1v) is 8.75. The fourth-order valence-electron chi connectivity index (χ4n) is 3.16. The maximum absolute atomic E-state index is 12.3. The maximum Gasteiger partial charge on any atom is 0.251 e. The number of hydrogen-bond donors (Lipinski definition) is 2. The summed E-state index contributed by atoms with van der Waals surface area (Å²) in [6.07, 6.45) is 15.2. The third kappa shape index (κ3) is 6.04. The van der Waals surface area contributed by atoms with Crippen LogP contribution >= 0.6 is 0 Å². The van der Waals surface area contributed by atoms with E-state index in [4.69, 9.17) is 0 Å². The van der Waals surface area contributed by atoms with Crippen molar-refractivity contribution in [2.24, 2.45) is 0 Å². The molecule has 2 N–H and O–H groups in total. The number of rotatable bonds is 2. The summed E-state index contributed by atoms with van der Waals surface area (Å²) in [5, 5.41) is 3.12. The molecule has 1 aromatic heterocycles. The average Bonchev–Trinajstić information content (AvgIpc) is 2.50. The Kier molecular flexibility index (Phi) is 7.20. The maximum atomic E-state index is 12.3. The predicted molar refractivity (Wildman–Crippen MR) is 89.1 cm³/mol. The molecule has 0 radical (unpaired) electrons. The fourth-order valence-corrected chi connectivity index (χ4v) is 3.16. The lowest BCUT2D eigenvalue weighted by Gasteiger charge is -2.19. The van der Waals surface area contributed by atoms with Gasteiger partial charge in [-0.2, -0.15) is 0 Å². The summed E-state index contributed by atoms with van der Waals surface area (Å²) >= 11 is 0. The van der Waals surface area contributed by atoms with E-state index in [1.807, 2.05) is 0 Å². The third-order valence-electron chi connectivity index (χ3n) is 4.48. The standard InChI is InChI=1S/C18H28N2O2/c21-17-14-15(12-13-19-17)18(22)20-16-10-8-6-4-2-1-3-5-7-9-11-16/h12-14,16H,1-11H2,(H,19,21)(H,20,22). The Morgan fingerprint density at radius 2 is 1.50 bits per heavy atom. The van der Waals surface area contributed by atoms with Crippen LogP contribution in [-0.4, -0.2) is 16.9 Å². The first-order chi connectivity index (χ1) is 10.8. The molecule has 1 heterocycles. The summed E-state index contributed by atoms with van der Waals surface area (Å²) in [6.45, 7) is 0. The van der Waals surface area contributed by atoms with Gasteiger partial charge in [0.05, 0.1) is 0 Å². The van der Waals surface area contributed by atoms with Crippen LogP contribution in [0, 0.1) is 0 Å². The van der Waals surface area contributed by atoms with Gasteiger partial charge in [-0.05, 0) is 18.9 Å². The van der Waals surface area contributed by atoms with Crippen LogP contribution in [0.5, 0.6) is 0 Å². The molecule has 2 rings (SSSR count). The van der Waals surface area contributed by atoms with Crippen LogP contribution in [0.25, 0.3) is 0 Å². The van der Waals surface area contributed by atoms with Gasteiger partial charge in [0, 0.05) is 23.9 Å². The summed E-state index contributed by atoms with van der Waals surface area (Å²) in [4.78, 5) is 26.1. The second-order valence-corrected chi connectivity index (χ2v) is 6.37. The molecule has 0 aliphatic heterocycles. The Hall–Kier alpha value is -1.58. The van der Waals surface area contributed by atoms with Crippen LogP contribution in [0.1, 0.15) is 81.0 Å². The van der Waals surface area contributed by atoms with E-state index in [2.05, 4.69) is 10.3 Å². The van der Waals surface area contributed by atoms with Gasteiger partial charge in [0.2, 0.25) is 5.56 Å². The highest BCUT2D eigenvalue weighted by Gasteiger charge is 2.14. The zero-order valence-corrected chi connectivity index (χ0v) is 13.4. The smallest absolute Gasteiger partial charge is 0.251 e. The largest absolute Gasteiger partial charge is 0.349 e. The van der Waals surface area contributed by atoms with Crippen LogP contribution in [0.2, 0.25) is 0 Å². The van der Waals surface area contributed by atoms with Gasteiger partial charge in [-0.1, -0.05) is 57.8 Å². The van der Waals surface area contributed by atoms with Crippen molar-refractivity contribution in [3.05, 3.63) is 34.2 Å². The second kappa shape index (κ2) is 9.44. The molecule has 1 aliphatic carbocycles. The minimum absolute atomic E-state index is 0.122. The van der Waals surface area contributed by atoms with E-state index in [0.29, 0.717) is 5.56 Å². The highest BCUT2D eigenvalue weighted by atomic mass is 16.2. The van der Waals surface area contributed by atoms with E-state index in [1.165, 1.54) is 70.1 Å². The molecule has 1 fully saturated rings. The molecule has 0 bridgehead atoms. The number of pyridine rings is 1. The topological polar surface area (TPSA) is 62.0 Å². The lowest BCUT2D eigenvalue weighted by molar-refractivity contribution is 0.0931. The molecule has 4 heteroatoms. The predicted octanol–water partition coefficient (Wildman–Crippen LogP) is 3.78. The Labute approximate surface area is 132 Å². The number of amides is 1. The van der Waals surface area contributed by atoms with Gasteiger partial charge in [0.25, 0.3) is 5.91 Å². The van der Waals surface area contributed by atoms with Gasteiger partial charge in [0.15, 0.2) is 0 Å². The summed E-state index contributed by atoms with van der Waals surface area (Å²) < 4.78 is 0. The average molecular weight is 304 g/mol. The minimum Gasteiger partial charge on any atom is -0.349 e. The first kappa shape index (κ1) is 16.8. The molecule has 1 saturated carbocycles. The van der Waals surface area contributed by atoms with E-state index >= 15 is 0 Å². The monoisotopic (exact) mass is 304 g/mol. The van der Waals surface area contributed by atoms with Gasteiger partial charge in [-0.25, -0.2) is 0 Å². The zero-order chi connectivity index (χ0) is 15.6. The third-order valence-corrected chi connectivity index (χ3v) is 4.48. The Bertz CT molecular complexity index is 498. The molecular weight excluding hydrogens is 276 g/mol. The van der Waals surface area contributed by atoms with E-state index < -0.39 is 0 Å². The quantitative estimate of drug-likeness (QED) is 0.873. The SMILES string of the molecule is O=C(NC1CCCCCCCCCCC1)c1cc[nH]c(=O)c1. The summed E-state index contributed by atoms with van der Waals surface area (Å²) in [5.41, 5.74) is 0.223. The second-order valence-electron chi connectivity index (χ2n) is 6.37. The van der Waals surface area contributed by atoms with Crippen molar-refractivity contribution in [2.75, 3.05) is 0 Å². The molecule has 0 unspecified atom stereocenters. The summed E-state index contributed by atoms with van der Waals surface area (Å²) in [7, 11) is 0. The van der Waals surface area contributed by atoms with Gasteiger partial charge >= 0.3 is 0 Å². The highest BCUT2D eigenvalue weighted by molar-refractivity contribution is 5.94. The van der Waals surface area contributed by atoms with E-state index in [-0.39, 0.29) is 17.5 Å². The fraction of sp³-hybridized carbons (Fsp3) is 0.667. The number of carbonyl (C=O) groups excluding carboxylic acids is 1. The van der Waals surface area contributed by atoms with E-state index in [9.17, 15) is 9.59 Å². The van der Waals surface area contributed by atoms with Crippen molar-refractivity contribution in [1.29, 1.82) is 0 Å². The van der Waals surface area contributed by atoms with Crippen molar-refractivity contribution in [3.63, 3.8) is 0 Å². The van der Waals surface area contributed by atoms with E-state index in [0.717, 1.165) is 12.8 Å². The number of nitrogens with one attached hydrogen (secondary N) is 2. The van der Waals surface area contributed by atoms with Crippen molar-refractivity contribution < 1.29 is 4.79 Å². The summed E-state index contributed by atoms with van der Waals surface area (Å²) in [5.74, 6) is -0.122. The molecule has 4 nitrogen and oxygen atoms in total. The number of aromatic amines is 1. The lowest BCUT2D eigenvalue weighted by atomic mass is 9.97. The van der Waals surface area contributed by atoms with Crippen LogP contribution in [-0.2, 0) is 0 Å². The highest BCUT2D eigenvalue weighted by Crippen LogP contribution is 2.17. The first-order valence-electron chi connectivity index (χ1n) is 8.75. The summed E-state index contributed by atoms with van der Waals surface area (Å²) in [6, 6.07) is 3.27. The lowest BCUT2D eigenvalue weighted by Crippen LogP contribution is -2.35.